The maximum absolute atomic E-state index is 5.94. The molecule has 2 heterocycles. The number of fused-ring (bicyclic) bond motifs is 1. The molecule has 0 spiro atoms. The lowest BCUT2D eigenvalue weighted by Crippen LogP contribution is -2.03. The fourth-order valence-electron chi connectivity index (χ4n) is 1.71. The molecule has 0 amide bonds. The Balaban J connectivity index is 2.07. The van der Waals surface area contributed by atoms with Gasteiger partial charge in [-0.1, -0.05) is 11.6 Å². The van der Waals surface area contributed by atoms with Crippen LogP contribution in [0, 0.1) is 0 Å². The van der Waals surface area contributed by atoms with Crippen LogP contribution in [0.2, 0.25) is 5.02 Å². The Hall–Kier alpha value is -1.43. The second kappa shape index (κ2) is 4.35. The predicted octanol–water partition coefficient (Wildman–Crippen LogP) is 3.36. The van der Waals surface area contributed by atoms with Gasteiger partial charge in [-0.3, -0.25) is 0 Å². The van der Waals surface area contributed by atoms with Crippen LogP contribution in [-0.4, -0.2) is 15.0 Å². The third kappa shape index (κ3) is 2.01. The number of rotatable bonds is 2. The summed E-state index contributed by atoms with van der Waals surface area (Å²) < 4.78 is 0. The molecule has 0 saturated heterocycles. The van der Waals surface area contributed by atoms with E-state index in [1.165, 1.54) is 0 Å². The summed E-state index contributed by atoms with van der Waals surface area (Å²) in [4.78, 5) is 12.2. The Morgan fingerprint density at radius 1 is 1.39 bits per heavy atom. The molecule has 0 fully saturated rings. The van der Waals surface area contributed by atoms with E-state index in [4.69, 9.17) is 17.3 Å². The first-order chi connectivity index (χ1) is 8.63. The molecule has 18 heavy (non-hydrogen) atoms. The lowest BCUT2D eigenvalue weighted by molar-refractivity contribution is 0.807. The first-order valence-electron chi connectivity index (χ1n) is 5.50. The van der Waals surface area contributed by atoms with Crippen molar-refractivity contribution >= 4 is 34.0 Å². The molecule has 0 bridgehead atoms. The number of aromatic nitrogens is 3. The van der Waals surface area contributed by atoms with Crippen molar-refractivity contribution in [3.8, 4) is 11.5 Å². The fourth-order valence-corrected chi connectivity index (χ4v) is 2.64. The van der Waals surface area contributed by atoms with Crippen molar-refractivity contribution in [3.63, 3.8) is 0 Å². The number of benzene rings is 1. The SMILES string of the molecule is CC(N)c1nc(-c2nc3ccc(Cl)cc3[nH]2)cs1. The van der Waals surface area contributed by atoms with Gasteiger partial charge in [0.15, 0.2) is 5.82 Å². The second-order valence-corrected chi connectivity index (χ2v) is 5.43. The number of thiazole rings is 1. The van der Waals surface area contributed by atoms with E-state index >= 15 is 0 Å². The summed E-state index contributed by atoms with van der Waals surface area (Å²) in [6.45, 7) is 1.92. The van der Waals surface area contributed by atoms with Gasteiger partial charge in [0, 0.05) is 10.4 Å². The zero-order chi connectivity index (χ0) is 12.7. The van der Waals surface area contributed by atoms with Gasteiger partial charge in [0.05, 0.1) is 17.1 Å². The molecule has 1 atom stereocenters. The van der Waals surface area contributed by atoms with Crippen LogP contribution in [0.5, 0.6) is 0 Å². The maximum Gasteiger partial charge on any atom is 0.158 e. The highest BCUT2D eigenvalue weighted by Gasteiger charge is 2.11. The fraction of sp³-hybridized carbons (Fsp3) is 0.167. The number of nitrogens with one attached hydrogen (secondary N) is 1. The predicted molar refractivity (Wildman–Crippen MR) is 74.8 cm³/mol. The molecule has 0 radical (unpaired) electrons. The van der Waals surface area contributed by atoms with E-state index in [0.29, 0.717) is 5.02 Å². The van der Waals surface area contributed by atoms with Crippen LogP contribution >= 0.6 is 22.9 Å². The van der Waals surface area contributed by atoms with Crippen LogP contribution in [0.4, 0.5) is 0 Å². The van der Waals surface area contributed by atoms with Crippen LogP contribution in [0.3, 0.4) is 0 Å². The zero-order valence-corrected chi connectivity index (χ0v) is 11.2. The minimum absolute atomic E-state index is 0.0532. The topological polar surface area (TPSA) is 67.6 Å². The third-order valence-electron chi connectivity index (χ3n) is 2.60. The number of nitrogens with zero attached hydrogens (tertiary/aromatic N) is 2. The van der Waals surface area contributed by atoms with Crippen molar-refractivity contribution in [1.82, 2.24) is 15.0 Å². The van der Waals surface area contributed by atoms with Crippen molar-refractivity contribution in [2.45, 2.75) is 13.0 Å². The summed E-state index contributed by atoms with van der Waals surface area (Å²) in [5, 5.41) is 3.55. The Morgan fingerprint density at radius 3 is 2.94 bits per heavy atom. The average molecular weight is 279 g/mol. The molecular weight excluding hydrogens is 268 g/mol. The number of hydrogen-bond acceptors (Lipinski definition) is 4. The first-order valence-corrected chi connectivity index (χ1v) is 6.76. The molecule has 0 aliphatic rings. The van der Waals surface area contributed by atoms with Crippen LogP contribution in [0.15, 0.2) is 23.6 Å². The normalized spacial score (nSPS) is 13.1. The van der Waals surface area contributed by atoms with Gasteiger partial charge in [0.1, 0.15) is 10.7 Å². The molecule has 92 valence electrons. The van der Waals surface area contributed by atoms with E-state index in [-0.39, 0.29) is 6.04 Å². The third-order valence-corrected chi connectivity index (χ3v) is 3.88. The number of imidazole rings is 1. The van der Waals surface area contributed by atoms with E-state index in [1.54, 1.807) is 11.3 Å². The maximum atomic E-state index is 5.94. The van der Waals surface area contributed by atoms with Crippen LogP contribution in [0.1, 0.15) is 18.0 Å². The summed E-state index contributed by atoms with van der Waals surface area (Å²) in [5.41, 5.74) is 8.41. The molecule has 1 aromatic carbocycles. The second-order valence-electron chi connectivity index (χ2n) is 4.11. The van der Waals surface area contributed by atoms with Crippen molar-refractivity contribution in [1.29, 1.82) is 0 Å². The van der Waals surface area contributed by atoms with Crippen molar-refractivity contribution in [2.24, 2.45) is 5.73 Å². The summed E-state index contributed by atoms with van der Waals surface area (Å²) >= 11 is 7.49. The number of halogens is 1. The van der Waals surface area contributed by atoms with Gasteiger partial charge < -0.3 is 10.7 Å². The molecule has 2 aromatic heterocycles. The molecule has 4 nitrogen and oxygen atoms in total. The molecule has 0 aliphatic heterocycles. The highest BCUT2D eigenvalue weighted by atomic mass is 35.5. The largest absolute Gasteiger partial charge is 0.337 e. The molecular formula is C12H11ClN4S. The Morgan fingerprint density at radius 2 is 2.22 bits per heavy atom. The standard InChI is InChI=1S/C12H11ClN4S/c1-6(14)12-17-10(5-18-12)11-15-8-3-2-7(13)4-9(8)16-11/h2-6H,14H2,1H3,(H,15,16). The Kier molecular flexibility index (Phi) is 2.81. The monoisotopic (exact) mass is 278 g/mol. The van der Waals surface area contributed by atoms with Crippen LogP contribution in [-0.2, 0) is 0 Å². The Labute approximate surface area is 113 Å². The van der Waals surface area contributed by atoms with E-state index in [9.17, 15) is 0 Å². The van der Waals surface area contributed by atoms with Crippen molar-refractivity contribution in [3.05, 3.63) is 33.6 Å². The first kappa shape index (κ1) is 11.6. The molecule has 6 heteroatoms. The van der Waals surface area contributed by atoms with E-state index in [2.05, 4.69) is 15.0 Å². The van der Waals surface area contributed by atoms with Gasteiger partial charge >= 0.3 is 0 Å². The molecule has 1 unspecified atom stereocenters. The van der Waals surface area contributed by atoms with Gasteiger partial charge in [-0.05, 0) is 25.1 Å². The molecule has 0 aliphatic carbocycles. The Bertz CT molecular complexity index is 701. The van der Waals surface area contributed by atoms with Gasteiger partial charge in [0.2, 0.25) is 0 Å². The number of hydrogen-bond donors (Lipinski definition) is 2. The lowest BCUT2D eigenvalue weighted by Gasteiger charge is -1.96. The highest BCUT2D eigenvalue weighted by molar-refractivity contribution is 7.10. The van der Waals surface area contributed by atoms with Crippen molar-refractivity contribution < 1.29 is 0 Å². The molecule has 3 N–H and O–H groups in total. The van der Waals surface area contributed by atoms with Crippen LogP contribution in [0.25, 0.3) is 22.6 Å². The summed E-state index contributed by atoms with van der Waals surface area (Å²) in [6.07, 6.45) is 0. The number of nitrogens with two attached hydrogens (primary N) is 1. The number of aromatic amines is 1. The molecule has 3 aromatic rings. The minimum Gasteiger partial charge on any atom is -0.337 e. The minimum atomic E-state index is -0.0532. The van der Waals surface area contributed by atoms with Gasteiger partial charge in [-0.2, -0.15) is 0 Å². The highest BCUT2D eigenvalue weighted by Crippen LogP contribution is 2.25. The molecule has 0 saturated carbocycles. The summed E-state index contributed by atoms with van der Waals surface area (Å²) in [6, 6.07) is 5.51. The molecule has 3 rings (SSSR count). The van der Waals surface area contributed by atoms with Crippen LogP contribution < -0.4 is 5.73 Å². The van der Waals surface area contributed by atoms with Crippen molar-refractivity contribution in [2.75, 3.05) is 0 Å². The quantitative estimate of drug-likeness (QED) is 0.755. The zero-order valence-electron chi connectivity index (χ0n) is 9.64. The average Bonchev–Trinajstić information content (AvgIpc) is 2.93. The van der Waals surface area contributed by atoms with Gasteiger partial charge in [0.25, 0.3) is 0 Å². The van der Waals surface area contributed by atoms with E-state index in [0.717, 1.165) is 27.6 Å². The lowest BCUT2D eigenvalue weighted by atomic mass is 10.3. The van der Waals surface area contributed by atoms with E-state index < -0.39 is 0 Å². The van der Waals surface area contributed by atoms with Gasteiger partial charge in [-0.15, -0.1) is 11.3 Å². The van der Waals surface area contributed by atoms with Gasteiger partial charge in [-0.25, -0.2) is 9.97 Å². The van der Waals surface area contributed by atoms with E-state index in [1.807, 2.05) is 30.5 Å². The smallest absolute Gasteiger partial charge is 0.158 e. The summed E-state index contributed by atoms with van der Waals surface area (Å²) in [5.74, 6) is 0.746. The number of H-pyrrole nitrogens is 1. The summed E-state index contributed by atoms with van der Waals surface area (Å²) in [7, 11) is 0.